The molecule has 10 heteroatoms. The number of anilines is 1. The highest BCUT2D eigenvalue weighted by Gasteiger charge is 2.31. The van der Waals surface area contributed by atoms with Gasteiger partial charge in [0.2, 0.25) is 0 Å². The Balaban J connectivity index is 1.61. The fourth-order valence-corrected chi connectivity index (χ4v) is 3.44. The summed E-state index contributed by atoms with van der Waals surface area (Å²) in [6, 6.07) is 16.6. The molecule has 0 radical (unpaired) electrons. The smallest absolute Gasteiger partial charge is 0.416 e. The lowest BCUT2D eigenvalue weighted by Gasteiger charge is -2.15. The molecule has 0 spiro atoms. The van der Waals surface area contributed by atoms with Crippen LogP contribution in [0.1, 0.15) is 39.5 Å². The number of halogens is 3. The summed E-state index contributed by atoms with van der Waals surface area (Å²) in [6.07, 6.45) is -4.00. The van der Waals surface area contributed by atoms with Crippen LogP contribution in [0.4, 0.5) is 23.7 Å². The molecule has 3 aromatic carbocycles. The number of hydrogen-bond donors (Lipinski definition) is 3. The Kier molecular flexibility index (Phi) is 8.89. The van der Waals surface area contributed by atoms with Crippen molar-refractivity contribution in [1.29, 1.82) is 0 Å². The Morgan fingerprint density at radius 1 is 0.892 bits per heavy atom. The molecule has 0 aromatic heterocycles. The quantitative estimate of drug-likeness (QED) is 0.378. The average molecular weight is 514 g/mol. The summed E-state index contributed by atoms with van der Waals surface area (Å²) in [5, 5.41) is 7.55. The van der Waals surface area contributed by atoms with Crippen LogP contribution in [-0.2, 0) is 23.9 Å². The Hall–Kier alpha value is -4.34. The van der Waals surface area contributed by atoms with Crippen molar-refractivity contribution in [3.63, 3.8) is 0 Å². The van der Waals surface area contributed by atoms with Crippen LogP contribution in [0.2, 0.25) is 0 Å². The average Bonchev–Trinajstić information content (AvgIpc) is 2.86. The molecule has 0 unspecified atom stereocenters. The molecule has 194 valence electrons. The summed E-state index contributed by atoms with van der Waals surface area (Å²) in [4.78, 5) is 35.4. The summed E-state index contributed by atoms with van der Waals surface area (Å²) in [6.45, 7) is 1.06. The molecule has 37 heavy (non-hydrogen) atoms. The molecule has 0 bridgehead atoms. The van der Waals surface area contributed by atoms with Crippen molar-refractivity contribution < 1.29 is 32.3 Å². The second-order valence-corrected chi connectivity index (χ2v) is 8.28. The molecule has 3 amide bonds. The molecule has 3 aromatic rings. The number of carbonyl (C=O) groups excluding carboxylic acids is 3. The van der Waals surface area contributed by atoms with Gasteiger partial charge in [0.25, 0.3) is 5.91 Å². The topological polar surface area (TPSA) is 96.5 Å². The number of ether oxygens (including phenoxy) is 1. The molecular formula is C27H26F3N3O4. The van der Waals surface area contributed by atoms with E-state index in [4.69, 9.17) is 4.74 Å². The maximum Gasteiger partial charge on any atom is 0.416 e. The first-order valence-corrected chi connectivity index (χ1v) is 11.3. The van der Waals surface area contributed by atoms with Crippen LogP contribution in [0.25, 0.3) is 0 Å². The van der Waals surface area contributed by atoms with Gasteiger partial charge in [0.15, 0.2) is 5.78 Å². The SMILES string of the molecule is CNC(=O)c1cccc(Cc2ccc(CNC(=O)Nc3cc(C(F)(F)F)ccc3OCC(C)=O)cc2)c1. The van der Waals surface area contributed by atoms with E-state index in [0.717, 1.165) is 34.9 Å². The van der Waals surface area contributed by atoms with Crippen molar-refractivity contribution in [3.05, 3.63) is 94.5 Å². The maximum absolute atomic E-state index is 13.1. The largest absolute Gasteiger partial charge is 0.484 e. The zero-order chi connectivity index (χ0) is 27.0. The number of Topliss-reactive ketones (excluding diaryl/α,β-unsaturated/α-hetero) is 1. The summed E-state index contributed by atoms with van der Waals surface area (Å²) in [5.74, 6) is -0.537. The minimum Gasteiger partial charge on any atom is -0.484 e. The molecule has 3 N–H and O–H groups in total. The third-order valence-electron chi connectivity index (χ3n) is 5.29. The molecule has 0 atom stereocenters. The summed E-state index contributed by atoms with van der Waals surface area (Å²) < 4.78 is 44.6. The number of urea groups is 1. The highest BCUT2D eigenvalue weighted by molar-refractivity contribution is 5.94. The van der Waals surface area contributed by atoms with E-state index in [1.54, 1.807) is 13.1 Å². The second-order valence-electron chi connectivity index (χ2n) is 8.28. The Morgan fingerprint density at radius 3 is 2.24 bits per heavy atom. The number of hydrogen-bond acceptors (Lipinski definition) is 4. The van der Waals surface area contributed by atoms with Gasteiger partial charge in [-0.25, -0.2) is 4.79 Å². The molecular weight excluding hydrogens is 487 g/mol. The van der Waals surface area contributed by atoms with Crippen LogP contribution < -0.4 is 20.7 Å². The number of carbonyl (C=O) groups is 3. The van der Waals surface area contributed by atoms with Gasteiger partial charge in [-0.05, 0) is 60.4 Å². The van der Waals surface area contributed by atoms with E-state index >= 15 is 0 Å². The van der Waals surface area contributed by atoms with Crippen LogP contribution in [0.3, 0.4) is 0 Å². The van der Waals surface area contributed by atoms with Crippen molar-refractivity contribution in [1.82, 2.24) is 10.6 Å². The van der Waals surface area contributed by atoms with Crippen molar-refractivity contribution in [3.8, 4) is 5.75 Å². The van der Waals surface area contributed by atoms with Gasteiger partial charge in [-0.15, -0.1) is 0 Å². The monoisotopic (exact) mass is 513 g/mol. The molecule has 0 saturated heterocycles. The molecule has 0 heterocycles. The molecule has 0 aliphatic heterocycles. The van der Waals surface area contributed by atoms with E-state index in [-0.39, 0.29) is 36.3 Å². The van der Waals surface area contributed by atoms with Crippen molar-refractivity contribution in [2.24, 2.45) is 0 Å². The van der Waals surface area contributed by atoms with Crippen LogP contribution in [0.5, 0.6) is 5.75 Å². The van der Waals surface area contributed by atoms with Crippen molar-refractivity contribution in [2.45, 2.75) is 26.1 Å². The zero-order valence-corrected chi connectivity index (χ0v) is 20.2. The van der Waals surface area contributed by atoms with Crippen LogP contribution >= 0.6 is 0 Å². The lowest BCUT2D eigenvalue weighted by atomic mass is 10.0. The van der Waals surface area contributed by atoms with E-state index in [2.05, 4.69) is 16.0 Å². The van der Waals surface area contributed by atoms with E-state index in [9.17, 15) is 27.6 Å². The Labute approximate surface area is 212 Å². The summed E-state index contributed by atoms with van der Waals surface area (Å²) in [5.41, 5.74) is 2.14. The number of nitrogens with one attached hydrogen (secondary N) is 3. The third kappa shape index (κ3) is 8.09. The molecule has 0 fully saturated rings. The van der Waals surface area contributed by atoms with Gasteiger partial charge in [0.05, 0.1) is 11.3 Å². The van der Waals surface area contributed by atoms with Crippen molar-refractivity contribution in [2.75, 3.05) is 19.0 Å². The van der Waals surface area contributed by atoms with E-state index < -0.39 is 17.8 Å². The number of benzene rings is 3. The molecule has 7 nitrogen and oxygen atoms in total. The van der Waals surface area contributed by atoms with Crippen LogP contribution in [0, 0.1) is 0 Å². The molecule has 3 rings (SSSR count). The van der Waals surface area contributed by atoms with Gasteiger partial charge >= 0.3 is 12.2 Å². The number of ketones is 1. The molecule has 0 saturated carbocycles. The van der Waals surface area contributed by atoms with Crippen LogP contribution in [0.15, 0.2) is 66.7 Å². The lowest BCUT2D eigenvalue weighted by Crippen LogP contribution is -2.28. The standard InChI is InChI=1S/C27H26F3N3O4/c1-17(34)16-37-24-11-10-22(27(28,29)30)14-23(24)33-26(36)32-15-19-8-6-18(7-9-19)12-20-4-3-5-21(13-20)25(35)31-2/h3-11,13-14H,12,15-16H2,1-2H3,(H,31,35)(H2,32,33,36). The minimum atomic E-state index is -4.61. The summed E-state index contributed by atoms with van der Waals surface area (Å²) >= 11 is 0. The normalized spacial score (nSPS) is 10.9. The second kappa shape index (κ2) is 12.1. The number of rotatable bonds is 9. The highest BCUT2D eigenvalue weighted by atomic mass is 19.4. The van der Waals surface area contributed by atoms with Gasteiger partial charge in [0, 0.05) is 19.2 Å². The van der Waals surface area contributed by atoms with Gasteiger partial charge in [-0.1, -0.05) is 36.4 Å². The van der Waals surface area contributed by atoms with Gasteiger partial charge < -0.3 is 20.7 Å². The number of alkyl halides is 3. The first-order chi connectivity index (χ1) is 17.5. The maximum atomic E-state index is 13.1. The predicted molar refractivity (Wildman–Crippen MR) is 133 cm³/mol. The van der Waals surface area contributed by atoms with E-state index in [0.29, 0.717) is 12.0 Å². The first kappa shape index (κ1) is 27.3. The third-order valence-corrected chi connectivity index (χ3v) is 5.29. The van der Waals surface area contributed by atoms with Gasteiger partial charge in [0.1, 0.15) is 12.4 Å². The minimum absolute atomic E-state index is 0.0526. The Bertz CT molecular complexity index is 1270. The number of amides is 3. The lowest BCUT2D eigenvalue weighted by molar-refractivity contribution is -0.137. The zero-order valence-electron chi connectivity index (χ0n) is 20.2. The fraction of sp³-hybridized carbons (Fsp3) is 0.222. The first-order valence-electron chi connectivity index (χ1n) is 11.3. The predicted octanol–water partition coefficient (Wildman–Crippen LogP) is 4.95. The fourth-order valence-electron chi connectivity index (χ4n) is 3.44. The van der Waals surface area contributed by atoms with Crippen LogP contribution in [-0.4, -0.2) is 31.4 Å². The summed E-state index contributed by atoms with van der Waals surface area (Å²) in [7, 11) is 1.57. The molecule has 0 aliphatic rings. The van der Waals surface area contributed by atoms with Gasteiger partial charge in [-0.3, -0.25) is 9.59 Å². The highest BCUT2D eigenvalue weighted by Crippen LogP contribution is 2.35. The Morgan fingerprint density at radius 2 is 1.59 bits per heavy atom. The van der Waals surface area contributed by atoms with Gasteiger partial charge in [-0.2, -0.15) is 13.2 Å². The van der Waals surface area contributed by atoms with Crippen molar-refractivity contribution >= 4 is 23.4 Å². The molecule has 0 aliphatic carbocycles. The van der Waals surface area contributed by atoms with E-state index in [1.165, 1.54) is 6.92 Å². The van der Waals surface area contributed by atoms with E-state index in [1.807, 2.05) is 42.5 Å².